The van der Waals surface area contributed by atoms with E-state index in [9.17, 15) is 9.59 Å². The zero-order chi connectivity index (χ0) is 24.7. The van der Waals surface area contributed by atoms with Crippen LogP contribution in [-0.2, 0) is 4.79 Å². The zero-order valence-electron chi connectivity index (χ0n) is 20.0. The molecule has 8 heteroatoms. The van der Waals surface area contributed by atoms with Crippen LogP contribution in [0.15, 0.2) is 64.4 Å². The summed E-state index contributed by atoms with van der Waals surface area (Å²) >= 11 is 6.85. The first-order valence-corrected chi connectivity index (χ1v) is 13.1. The van der Waals surface area contributed by atoms with Crippen LogP contribution in [0.2, 0.25) is 0 Å². The number of aromatic nitrogens is 2. The van der Waals surface area contributed by atoms with Crippen LogP contribution < -0.4 is 10.5 Å². The monoisotopic (exact) mass is 504 g/mol. The van der Waals surface area contributed by atoms with Gasteiger partial charge in [-0.3, -0.25) is 18.9 Å². The first-order chi connectivity index (χ1) is 16.8. The van der Waals surface area contributed by atoms with E-state index < -0.39 is 0 Å². The van der Waals surface area contributed by atoms with E-state index in [1.54, 1.807) is 21.6 Å². The Morgan fingerprint density at radius 2 is 1.74 bits per heavy atom. The Hall–Kier alpha value is -2.97. The van der Waals surface area contributed by atoms with Crippen molar-refractivity contribution in [2.75, 3.05) is 18.0 Å². The SMILES string of the molecule is C[C@@H]1C[C@@H](C)CN(c2nc3ccccn3c(=O)c2/C=C2\SC(=S)N([C@@H](C)c3ccccc3)C2=O)C1. The predicted molar refractivity (Wildman–Crippen MR) is 146 cm³/mol. The molecule has 0 aliphatic carbocycles. The van der Waals surface area contributed by atoms with Crippen molar-refractivity contribution in [2.24, 2.45) is 11.8 Å². The summed E-state index contributed by atoms with van der Waals surface area (Å²) in [5, 5.41) is 0. The summed E-state index contributed by atoms with van der Waals surface area (Å²) in [6, 6.07) is 15.2. The molecule has 3 atom stereocenters. The van der Waals surface area contributed by atoms with Crippen molar-refractivity contribution < 1.29 is 4.79 Å². The maximum Gasteiger partial charge on any atom is 0.267 e. The fourth-order valence-electron chi connectivity index (χ4n) is 5.12. The first-order valence-electron chi connectivity index (χ1n) is 11.9. The van der Waals surface area contributed by atoms with Gasteiger partial charge in [0, 0.05) is 19.3 Å². The van der Waals surface area contributed by atoms with E-state index in [0.29, 0.717) is 38.1 Å². The third-order valence-corrected chi connectivity index (χ3v) is 8.02. The number of carbonyl (C=O) groups excluding carboxylic acids is 1. The number of nitrogens with zero attached hydrogens (tertiary/aromatic N) is 4. The number of hydrogen-bond donors (Lipinski definition) is 0. The topological polar surface area (TPSA) is 57.9 Å². The van der Waals surface area contributed by atoms with Crippen molar-refractivity contribution in [3.05, 3.63) is 81.1 Å². The summed E-state index contributed by atoms with van der Waals surface area (Å²) in [7, 11) is 0. The quantitative estimate of drug-likeness (QED) is 0.362. The highest BCUT2D eigenvalue weighted by atomic mass is 32.2. The van der Waals surface area contributed by atoms with Gasteiger partial charge in [0.15, 0.2) is 0 Å². The molecule has 0 N–H and O–H groups in total. The van der Waals surface area contributed by atoms with E-state index in [-0.39, 0.29) is 17.5 Å². The molecular formula is C27H28N4O2S2. The number of thioether (sulfide) groups is 1. The van der Waals surface area contributed by atoms with Crippen molar-refractivity contribution in [3.8, 4) is 0 Å². The zero-order valence-corrected chi connectivity index (χ0v) is 21.7. The summed E-state index contributed by atoms with van der Waals surface area (Å²) < 4.78 is 2.03. The van der Waals surface area contributed by atoms with Gasteiger partial charge < -0.3 is 4.90 Å². The maximum atomic E-state index is 13.7. The van der Waals surface area contributed by atoms with Crippen LogP contribution in [0.25, 0.3) is 11.7 Å². The normalized spacial score (nSPS) is 22.9. The van der Waals surface area contributed by atoms with Crippen LogP contribution in [0.3, 0.4) is 0 Å². The molecule has 2 aromatic heterocycles. The molecule has 180 valence electrons. The number of piperidine rings is 1. The molecular weight excluding hydrogens is 476 g/mol. The van der Waals surface area contributed by atoms with Gasteiger partial charge in [-0.2, -0.15) is 0 Å². The lowest BCUT2D eigenvalue weighted by molar-refractivity contribution is -0.123. The predicted octanol–water partition coefficient (Wildman–Crippen LogP) is 5.14. The van der Waals surface area contributed by atoms with E-state index in [1.807, 2.05) is 55.5 Å². The van der Waals surface area contributed by atoms with Gasteiger partial charge in [0.25, 0.3) is 11.5 Å². The Morgan fingerprint density at radius 3 is 2.46 bits per heavy atom. The van der Waals surface area contributed by atoms with Gasteiger partial charge in [0.05, 0.1) is 16.5 Å². The maximum absolute atomic E-state index is 13.7. The van der Waals surface area contributed by atoms with E-state index in [1.165, 1.54) is 11.8 Å². The van der Waals surface area contributed by atoms with Crippen molar-refractivity contribution in [1.82, 2.24) is 14.3 Å². The Balaban J connectivity index is 1.59. The Bertz CT molecular complexity index is 1370. The number of pyridine rings is 1. The minimum atomic E-state index is -0.200. The Kier molecular flexibility index (Phi) is 6.51. The fourth-order valence-corrected chi connectivity index (χ4v) is 6.52. The van der Waals surface area contributed by atoms with Gasteiger partial charge in [-0.25, -0.2) is 4.98 Å². The average Bonchev–Trinajstić information content (AvgIpc) is 3.12. The number of carbonyl (C=O) groups is 1. The minimum absolute atomic E-state index is 0.180. The summed E-state index contributed by atoms with van der Waals surface area (Å²) in [6.45, 7) is 8.08. The second kappa shape index (κ2) is 9.59. The van der Waals surface area contributed by atoms with E-state index >= 15 is 0 Å². The van der Waals surface area contributed by atoms with Crippen LogP contribution in [0.1, 0.15) is 44.4 Å². The van der Waals surface area contributed by atoms with Crippen LogP contribution in [-0.4, -0.2) is 37.6 Å². The molecule has 5 rings (SSSR count). The molecule has 0 radical (unpaired) electrons. The molecule has 2 aliphatic heterocycles. The largest absolute Gasteiger partial charge is 0.355 e. The highest BCUT2D eigenvalue weighted by Crippen LogP contribution is 2.38. The van der Waals surface area contributed by atoms with E-state index in [4.69, 9.17) is 17.2 Å². The number of benzene rings is 1. The molecule has 1 amide bonds. The number of amides is 1. The molecule has 2 saturated heterocycles. The second-order valence-corrected chi connectivity index (χ2v) is 11.2. The molecule has 1 aromatic carbocycles. The van der Waals surface area contributed by atoms with Gasteiger partial charge in [0.2, 0.25) is 0 Å². The Morgan fingerprint density at radius 1 is 1.06 bits per heavy atom. The lowest BCUT2D eigenvalue weighted by Gasteiger charge is -2.36. The molecule has 0 bridgehead atoms. The summed E-state index contributed by atoms with van der Waals surface area (Å²) in [4.78, 5) is 36.3. The third kappa shape index (κ3) is 4.52. The number of thiocarbonyl (C=S) groups is 1. The van der Waals surface area contributed by atoms with Gasteiger partial charge in [0.1, 0.15) is 15.8 Å². The van der Waals surface area contributed by atoms with Crippen molar-refractivity contribution in [1.29, 1.82) is 0 Å². The Labute approximate surface area is 214 Å². The molecule has 0 saturated carbocycles. The second-order valence-electron chi connectivity index (χ2n) is 9.57. The van der Waals surface area contributed by atoms with Crippen LogP contribution >= 0.6 is 24.0 Å². The number of fused-ring (bicyclic) bond motifs is 1. The molecule has 0 spiro atoms. The number of hydrogen-bond acceptors (Lipinski definition) is 6. The van der Waals surface area contributed by atoms with Gasteiger partial charge in [-0.15, -0.1) is 0 Å². The van der Waals surface area contributed by atoms with Crippen LogP contribution in [0.5, 0.6) is 0 Å². The standard InChI is InChI=1S/C27H28N4O2S2/c1-17-13-18(2)16-29(15-17)24-21(25(32)30-12-8-7-11-23(30)28-24)14-22-26(33)31(27(34)35-22)19(3)20-9-5-4-6-10-20/h4-12,14,17-19H,13,15-16H2,1-3H3/b22-14-/t17-,18-,19+/m1/s1. The molecule has 0 unspecified atom stereocenters. The average molecular weight is 505 g/mol. The molecule has 3 aromatic rings. The minimum Gasteiger partial charge on any atom is -0.355 e. The smallest absolute Gasteiger partial charge is 0.267 e. The van der Waals surface area contributed by atoms with Crippen molar-refractivity contribution in [2.45, 2.75) is 33.2 Å². The highest BCUT2D eigenvalue weighted by molar-refractivity contribution is 8.26. The molecule has 4 heterocycles. The highest BCUT2D eigenvalue weighted by Gasteiger charge is 2.37. The molecule has 2 aliphatic rings. The van der Waals surface area contributed by atoms with Gasteiger partial charge in [-0.05, 0) is 49.0 Å². The van der Waals surface area contributed by atoms with Gasteiger partial charge >= 0.3 is 0 Å². The van der Waals surface area contributed by atoms with Crippen LogP contribution in [0, 0.1) is 11.8 Å². The van der Waals surface area contributed by atoms with Crippen LogP contribution in [0.4, 0.5) is 5.82 Å². The molecule has 6 nitrogen and oxygen atoms in total. The van der Waals surface area contributed by atoms with Crippen molar-refractivity contribution >= 4 is 51.7 Å². The lowest BCUT2D eigenvalue weighted by Crippen LogP contribution is -2.40. The third-order valence-electron chi connectivity index (χ3n) is 6.69. The van der Waals surface area contributed by atoms with E-state index in [0.717, 1.165) is 25.1 Å². The summed E-state index contributed by atoms with van der Waals surface area (Å²) in [5.74, 6) is 1.45. The lowest BCUT2D eigenvalue weighted by atomic mass is 9.91. The first kappa shape index (κ1) is 23.8. The van der Waals surface area contributed by atoms with Gasteiger partial charge in [-0.1, -0.05) is 74.2 Å². The molecule has 2 fully saturated rings. The fraction of sp³-hybridized carbons (Fsp3) is 0.333. The number of rotatable bonds is 4. The summed E-state index contributed by atoms with van der Waals surface area (Å²) in [5.41, 5.74) is 1.86. The van der Waals surface area contributed by atoms with Crippen molar-refractivity contribution in [3.63, 3.8) is 0 Å². The summed E-state index contributed by atoms with van der Waals surface area (Å²) in [6.07, 6.45) is 4.56. The molecule has 35 heavy (non-hydrogen) atoms. The number of anilines is 1. The van der Waals surface area contributed by atoms with E-state index in [2.05, 4.69) is 18.7 Å².